The van der Waals surface area contributed by atoms with Crippen molar-refractivity contribution in [2.45, 2.75) is 209 Å². The summed E-state index contributed by atoms with van der Waals surface area (Å²) in [6.07, 6.45) is -10.6. The molecule has 0 spiro atoms. The Morgan fingerprint density at radius 1 is 0.750 bits per heavy atom. The highest BCUT2D eigenvalue weighted by Gasteiger charge is 2.68. The number of ether oxygens (including phenoxy) is 7. The minimum Gasteiger partial charge on any atom is -0.394 e. The fraction of sp³-hybridized carbons (Fsp3) is 0.957. The molecule has 368 valence electrons. The molecule has 0 bridgehead atoms. The van der Waals surface area contributed by atoms with Gasteiger partial charge in [-0.25, -0.2) is 0 Å². The van der Waals surface area contributed by atoms with Crippen LogP contribution in [0.2, 0.25) is 0 Å². The lowest BCUT2D eigenvalue weighted by atomic mass is 9.46. The van der Waals surface area contributed by atoms with Crippen molar-refractivity contribution in [3.05, 3.63) is 11.6 Å². The number of hydrogen-bond acceptors (Lipinski definition) is 18. The van der Waals surface area contributed by atoms with Crippen molar-refractivity contribution in [1.29, 1.82) is 0 Å². The minimum atomic E-state index is -1.72. The fourth-order valence-corrected chi connectivity index (χ4v) is 13.9. The van der Waals surface area contributed by atoms with E-state index in [1.807, 2.05) is 6.92 Å². The molecule has 0 radical (unpaired) electrons. The third-order valence-electron chi connectivity index (χ3n) is 17.7. The van der Waals surface area contributed by atoms with E-state index >= 15 is 0 Å². The Bertz CT molecular complexity index is 1650. The molecule has 0 aromatic carbocycles. The summed E-state index contributed by atoms with van der Waals surface area (Å²) < 4.78 is 42.6. The van der Waals surface area contributed by atoms with Crippen molar-refractivity contribution in [3.8, 4) is 0 Å². The number of aliphatic hydroxyl groups is 11. The van der Waals surface area contributed by atoms with Crippen molar-refractivity contribution in [2.75, 3.05) is 19.8 Å². The quantitative estimate of drug-likeness (QED) is 0.111. The molecule has 18 heteroatoms. The van der Waals surface area contributed by atoms with E-state index in [2.05, 4.69) is 26.8 Å². The SMILES string of the molecule is CC(CCC1(O)OC2CC3C4CCC5=CC(OC6(C)OC(CO)C(O)C(O)C6OC6OC(C)C(O)C(O)C6O)CCC5(C)C4CCC3(C)C2C1C)COC1OC(CO)C(O)C(O)C1O. The Morgan fingerprint density at radius 2 is 1.42 bits per heavy atom. The van der Waals surface area contributed by atoms with Gasteiger partial charge in [0.25, 0.3) is 0 Å². The summed E-state index contributed by atoms with van der Waals surface area (Å²) in [4.78, 5) is 0. The van der Waals surface area contributed by atoms with Gasteiger partial charge in [0.15, 0.2) is 24.2 Å². The zero-order chi connectivity index (χ0) is 46.4. The monoisotopic (exact) mass is 917 g/mol. The summed E-state index contributed by atoms with van der Waals surface area (Å²) in [5.74, 6) is -1.64. The molecule has 4 aliphatic carbocycles. The van der Waals surface area contributed by atoms with Crippen LogP contribution in [0.5, 0.6) is 0 Å². The van der Waals surface area contributed by atoms with E-state index < -0.39 is 117 Å². The topological polar surface area (TPSA) is 287 Å². The first-order chi connectivity index (χ1) is 30.1. The Hall–Kier alpha value is -0.980. The lowest BCUT2D eigenvalue weighted by molar-refractivity contribution is -0.403. The molecule has 26 atom stereocenters. The van der Waals surface area contributed by atoms with Crippen LogP contribution in [0.15, 0.2) is 11.6 Å². The Kier molecular flexibility index (Phi) is 14.2. The van der Waals surface area contributed by atoms with Crippen LogP contribution in [0.3, 0.4) is 0 Å². The first kappa shape index (κ1) is 49.4. The highest BCUT2D eigenvalue weighted by molar-refractivity contribution is 5.26. The van der Waals surface area contributed by atoms with Gasteiger partial charge in [-0.15, -0.1) is 0 Å². The van der Waals surface area contributed by atoms with Gasteiger partial charge in [-0.1, -0.05) is 39.3 Å². The molecule has 4 saturated heterocycles. The van der Waals surface area contributed by atoms with Gasteiger partial charge in [-0.3, -0.25) is 0 Å². The first-order valence-corrected chi connectivity index (χ1v) is 23.8. The van der Waals surface area contributed by atoms with E-state index in [-0.39, 0.29) is 41.3 Å². The maximum atomic E-state index is 12.1. The lowest BCUT2D eigenvalue weighted by Crippen LogP contribution is -2.68. The van der Waals surface area contributed by atoms with E-state index in [4.69, 9.17) is 33.2 Å². The third kappa shape index (κ3) is 8.37. The van der Waals surface area contributed by atoms with E-state index in [0.29, 0.717) is 37.0 Å². The van der Waals surface area contributed by atoms with Crippen LogP contribution >= 0.6 is 0 Å². The summed E-state index contributed by atoms with van der Waals surface area (Å²) in [5.41, 5.74) is 1.22. The average molecular weight is 917 g/mol. The molecule has 4 aliphatic heterocycles. The van der Waals surface area contributed by atoms with Crippen molar-refractivity contribution >= 4 is 0 Å². The predicted octanol–water partition coefficient (Wildman–Crippen LogP) is -0.441. The van der Waals surface area contributed by atoms with E-state index in [0.717, 1.165) is 38.5 Å². The van der Waals surface area contributed by atoms with Gasteiger partial charge in [-0.2, -0.15) is 0 Å². The van der Waals surface area contributed by atoms with E-state index in [9.17, 15) is 56.2 Å². The zero-order valence-corrected chi connectivity index (χ0v) is 38.0. The molecule has 0 amide bonds. The fourth-order valence-electron chi connectivity index (χ4n) is 13.9. The Morgan fingerprint density at radius 3 is 2.12 bits per heavy atom. The molecule has 3 saturated carbocycles. The molecule has 26 unspecified atom stereocenters. The van der Waals surface area contributed by atoms with Crippen molar-refractivity contribution in [1.82, 2.24) is 0 Å². The minimum absolute atomic E-state index is 0.0103. The van der Waals surface area contributed by atoms with Gasteiger partial charge in [0.1, 0.15) is 67.1 Å². The van der Waals surface area contributed by atoms with Crippen LogP contribution in [-0.2, 0) is 33.2 Å². The number of fused-ring (bicyclic) bond motifs is 7. The van der Waals surface area contributed by atoms with Gasteiger partial charge in [0.2, 0.25) is 0 Å². The van der Waals surface area contributed by atoms with Gasteiger partial charge in [-0.05, 0) is 106 Å². The highest BCUT2D eigenvalue weighted by Crippen LogP contribution is 2.70. The normalized spacial score (nSPS) is 55.5. The summed E-state index contributed by atoms with van der Waals surface area (Å²) in [6.45, 7) is 11.0. The van der Waals surface area contributed by atoms with Crippen LogP contribution < -0.4 is 0 Å². The standard InChI is InChI=1S/C46H76O18/c1-20(19-58-41-38(55)36(53)33(50)29(17-47)60-41)9-14-46(57)21(2)31-28(64-46)16-27-25-8-7-23-15-24(10-12-43(23,4)26(25)11-13-44(27,31)5)62-45(6)40(37(54)34(51)30(18-48)63-45)61-42-39(56)35(52)32(49)22(3)59-42/h15,20-22,24-42,47-57H,7-14,16-19H2,1-6H3. The first-order valence-electron chi connectivity index (χ1n) is 23.8. The molecule has 0 aromatic rings. The van der Waals surface area contributed by atoms with Crippen molar-refractivity contribution < 1.29 is 89.3 Å². The third-order valence-corrected chi connectivity index (χ3v) is 17.7. The maximum absolute atomic E-state index is 12.1. The summed E-state index contributed by atoms with van der Waals surface area (Å²) in [6, 6.07) is 0. The summed E-state index contributed by atoms with van der Waals surface area (Å²) in [7, 11) is 0. The van der Waals surface area contributed by atoms with E-state index in [1.165, 1.54) is 12.5 Å². The molecular formula is C46H76O18. The van der Waals surface area contributed by atoms with Crippen LogP contribution in [0, 0.1) is 46.3 Å². The van der Waals surface area contributed by atoms with Gasteiger partial charge < -0.3 is 89.3 Å². The Labute approximate surface area is 375 Å². The molecule has 64 heavy (non-hydrogen) atoms. The van der Waals surface area contributed by atoms with Crippen molar-refractivity contribution in [3.63, 3.8) is 0 Å². The smallest absolute Gasteiger partial charge is 0.195 e. The largest absolute Gasteiger partial charge is 0.394 e. The van der Waals surface area contributed by atoms with Crippen LogP contribution in [0.1, 0.15) is 99.3 Å². The molecule has 4 heterocycles. The second-order valence-corrected chi connectivity index (χ2v) is 21.6. The molecule has 8 rings (SSSR count). The number of aliphatic hydroxyl groups excluding tert-OH is 10. The maximum Gasteiger partial charge on any atom is 0.195 e. The molecular weight excluding hydrogens is 840 g/mol. The van der Waals surface area contributed by atoms with Gasteiger partial charge in [0.05, 0.1) is 38.1 Å². The lowest BCUT2D eigenvalue weighted by Gasteiger charge is -2.59. The predicted molar refractivity (Wildman–Crippen MR) is 222 cm³/mol. The molecule has 0 aromatic heterocycles. The molecule has 11 N–H and O–H groups in total. The number of hydrogen-bond donors (Lipinski definition) is 11. The van der Waals surface area contributed by atoms with Crippen molar-refractivity contribution in [2.24, 2.45) is 46.3 Å². The molecule has 7 fully saturated rings. The van der Waals surface area contributed by atoms with Gasteiger partial charge >= 0.3 is 0 Å². The number of rotatable bonds is 12. The summed E-state index contributed by atoms with van der Waals surface area (Å²) >= 11 is 0. The van der Waals surface area contributed by atoms with E-state index in [1.54, 1.807) is 6.92 Å². The zero-order valence-electron chi connectivity index (χ0n) is 38.0. The Balaban J connectivity index is 0.901. The van der Waals surface area contributed by atoms with Crippen LogP contribution in [-0.4, -0.2) is 186 Å². The second kappa shape index (κ2) is 18.4. The highest BCUT2D eigenvalue weighted by atomic mass is 16.8. The van der Waals surface area contributed by atoms with Crippen LogP contribution in [0.25, 0.3) is 0 Å². The second-order valence-electron chi connectivity index (χ2n) is 21.6. The molecule has 8 aliphatic rings. The average Bonchev–Trinajstić information content (AvgIpc) is 3.70. The molecule has 18 nitrogen and oxygen atoms in total. The van der Waals surface area contributed by atoms with Crippen LogP contribution in [0.4, 0.5) is 0 Å². The number of allylic oxidation sites excluding steroid dienone is 1. The summed E-state index contributed by atoms with van der Waals surface area (Å²) in [5, 5.41) is 116. The van der Waals surface area contributed by atoms with Gasteiger partial charge in [0, 0.05) is 12.3 Å².